The molecule has 2 aliphatic carbocycles. The number of hydrogen-bond donors (Lipinski definition) is 1. The van der Waals surface area contributed by atoms with Gasteiger partial charge in [0.2, 0.25) is 11.8 Å². The highest BCUT2D eigenvalue weighted by Gasteiger charge is 2.48. The minimum absolute atomic E-state index is 0.0638. The first-order valence-electron chi connectivity index (χ1n) is 7.64. The van der Waals surface area contributed by atoms with Crippen LogP contribution in [-0.2, 0) is 0 Å². The fourth-order valence-corrected chi connectivity index (χ4v) is 3.91. The van der Waals surface area contributed by atoms with Crippen LogP contribution in [0.15, 0.2) is 4.47 Å². The lowest BCUT2D eigenvalue weighted by atomic mass is 9.80. The maximum atomic E-state index is 13.3. The summed E-state index contributed by atoms with van der Waals surface area (Å²) >= 11 is 3.15. The lowest BCUT2D eigenvalue weighted by Gasteiger charge is -2.34. The zero-order valence-corrected chi connectivity index (χ0v) is 14.1. The van der Waals surface area contributed by atoms with E-state index in [0.29, 0.717) is 5.69 Å². The number of carboxylic acids is 1. The third-order valence-corrected chi connectivity index (χ3v) is 5.44. The van der Waals surface area contributed by atoms with Crippen LogP contribution < -0.4 is 0 Å². The average Bonchev–Trinajstić information content (AvgIpc) is 2.45. The fourth-order valence-electron chi connectivity index (χ4n) is 3.23. The van der Waals surface area contributed by atoms with Crippen LogP contribution in [0.3, 0.4) is 0 Å². The summed E-state index contributed by atoms with van der Waals surface area (Å²) in [4.78, 5) is 19.6. The molecule has 1 aromatic rings. The maximum Gasteiger partial charge on any atom is 0.355 e. The van der Waals surface area contributed by atoms with Gasteiger partial charge in [-0.1, -0.05) is 0 Å². The number of hydrogen-bond acceptors (Lipinski definition) is 3. The van der Waals surface area contributed by atoms with E-state index in [9.17, 15) is 27.5 Å². The Kier molecular flexibility index (Phi) is 4.34. The van der Waals surface area contributed by atoms with E-state index in [0.717, 1.165) is 0 Å². The summed E-state index contributed by atoms with van der Waals surface area (Å²) in [6.45, 7) is 0. The van der Waals surface area contributed by atoms with E-state index in [1.54, 1.807) is 0 Å². The van der Waals surface area contributed by atoms with Gasteiger partial charge in [0.25, 0.3) is 0 Å². The van der Waals surface area contributed by atoms with Crippen molar-refractivity contribution in [3.63, 3.8) is 0 Å². The van der Waals surface area contributed by atoms with Gasteiger partial charge in [-0.15, -0.1) is 0 Å². The van der Waals surface area contributed by atoms with Gasteiger partial charge in [0.1, 0.15) is 5.82 Å². The van der Waals surface area contributed by atoms with Gasteiger partial charge < -0.3 is 5.11 Å². The Labute approximate surface area is 143 Å². The Morgan fingerprint density at radius 2 is 1.62 bits per heavy atom. The quantitative estimate of drug-likeness (QED) is 0.730. The molecule has 0 bridgehead atoms. The second-order valence-electron chi connectivity index (χ2n) is 6.53. The molecule has 4 nitrogen and oxygen atoms in total. The molecule has 0 atom stereocenters. The number of carbonyl (C=O) groups is 1. The van der Waals surface area contributed by atoms with Gasteiger partial charge in [-0.05, 0) is 28.8 Å². The summed E-state index contributed by atoms with van der Waals surface area (Å²) in [6.07, 6.45) is -1.10. The van der Waals surface area contributed by atoms with Crippen molar-refractivity contribution in [2.75, 3.05) is 0 Å². The monoisotopic (exact) mass is 410 g/mol. The van der Waals surface area contributed by atoms with E-state index in [4.69, 9.17) is 0 Å². The molecule has 24 heavy (non-hydrogen) atoms. The highest BCUT2D eigenvalue weighted by atomic mass is 79.9. The van der Waals surface area contributed by atoms with Crippen molar-refractivity contribution in [3.05, 3.63) is 21.7 Å². The van der Waals surface area contributed by atoms with Crippen molar-refractivity contribution in [3.8, 4) is 0 Å². The Bertz CT molecular complexity index is 666. The molecule has 0 unspecified atom stereocenters. The lowest BCUT2D eigenvalue weighted by Crippen LogP contribution is -2.35. The molecular formula is C15H15BrF4N2O2. The first-order chi connectivity index (χ1) is 11.1. The number of carboxylic acid groups (broad SMARTS) is 1. The van der Waals surface area contributed by atoms with E-state index in [-0.39, 0.29) is 47.6 Å². The highest BCUT2D eigenvalue weighted by Crippen LogP contribution is 2.48. The van der Waals surface area contributed by atoms with Gasteiger partial charge >= 0.3 is 5.97 Å². The first-order valence-corrected chi connectivity index (χ1v) is 8.43. The molecule has 1 N–H and O–H groups in total. The van der Waals surface area contributed by atoms with Crippen molar-refractivity contribution in [1.82, 2.24) is 9.97 Å². The van der Waals surface area contributed by atoms with Crippen LogP contribution in [0, 0.1) is 0 Å². The molecule has 2 aliphatic rings. The molecule has 1 aromatic heterocycles. The van der Waals surface area contributed by atoms with Crippen LogP contribution >= 0.6 is 15.9 Å². The van der Waals surface area contributed by atoms with E-state index < -0.39 is 36.6 Å². The van der Waals surface area contributed by atoms with Crippen LogP contribution in [0.25, 0.3) is 0 Å². The summed E-state index contributed by atoms with van der Waals surface area (Å²) in [5.41, 5.74) is 0.0330. The molecule has 3 rings (SSSR count). The van der Waals surface area contributed by atoms with Crippen molar-refractivity contribution in [1.29, 1.82) is 0 Å². The topological polar surface area (TPSA) is 63.1 Å². The van der Waals surface area contributed by atoms with Crippen molar-refractivity contribution >= 4 is 21.9 Å². The minimum atomic E-state index is -2.78. The molecular weight excluding hydrogens is 396 g/mol. The van der Waals surface area contributed by atoms with Crippen LogP contribution in [0.1, 0.15) is 72.4 Å². The van der Waals surface area contributed by atoms with Gasteiger partial charge in [-0.2, -0.15) is 0 Å². The molecule has 0 aliphatic heterocycles. The van der Waals surface area contributed by atoms with Crippen LogP contribution in [0.4, 0.5) is 17.6 Å². The van der Waals surface area contributed by atoms with Gasteiger partial charge in [0.15, 0.2) is 5.69 Å². The summed E-state index contributed by atoms with van der Waals surface area (Å²) in [5, 5.41) is 9.28. The van der Waals surface area contributed by atoms with Gasteiger partial charge in [-0.25, -0.2) is 32.3 Å². The Morgan fingerprint density at radius 1 is 1.04 bits per heavy atom. The zero-order valence-electron chi connectivity index (χ0n) is 12.5. The molecule has 0 amide bonds. The summed E-state index contributed by atoms with van der Waals surface area (Å²) < 4.78 is 53.0. The smallest absolute Gasteiger partial charge is 0.355 e. The zero-order chi connectivity index (χ0) is 17.7. The second kappa shape index (κ2) is 5.93. The molecule has 0 radical (unpaired) electrons. The van der Waals surface area contributed by atoms with E-state index in [2.05, 4.69) is 25.9 Å². The van der Waals surface area contributed by atoms with E-state index in [1.165, 1.54) is 0 Å². The van der Waals surface area contributed by atoms with Gasteiger partial charge in [0, 0.05) is 37.5 Å². The third-order valence-electron chi connectivity index (χ3n) is 4.66. The average molecular weight is 411 g/mol. The third kappa shape index (κ3) is 3.41. The van der Waals surface area contributed by atoms with Gasteiger partial charge in [-0.3, -0.25) is 0 Å². The number of rotatable bonds is 3. The summed E-state index contributed by atoms with van der Waals surface area (Å²) in [7, 11) is 0. The Hall–Kier alpha value is -1.25. The van der Waals surface area contributed by atoms with Gasteiger partial charge in [0.05, 0.1) is 10.2 Å². The number of halogens is 5. The fraction of sp³-hybridized carbons (Fsp3) is 0.667. The number of aromatic nitrogens is 2. The molecule has 9 heteroatoms. The normalized spacial score (nSPS) is 23.7. The van der Waals surface area contributed by atoms with Crippen molar-refractivity contribution in [2.45, 2.75) is 62.2 Å². The molecule has 132 valence electrons. The largest absolute Gasteiger partial charge is 0.476 e. The van der Waals surface area contributed by atoms with E-state index in [1.807, 2.05) is 0 Å². The summed E-state index contributed by atoms with van der Waals surface area (Å²) in [6, 6.07) is 0. The summed E-state index contributed by atoms with van der Waals surface area (Å²) in [5.74, 6) is -7.68. The maximum absolute atomic E-state index is 13.3. The molecule has 2 fully saturated rings. The predicted octanol–water partition coefficient (Wildman–Crippen LogP) is 4.74. The standard InChI is InChI=1S/C15H15BrF4N2O2/c16-9-10(7-1-3-14(17,18)4-2-7)21-12(22-11(9)13(23)24)8-5-15(19,20)6-8/h7-8H,1-6H2,(H,23,24). The van der Waals surface area contributed by atoms with Crippen LogP contribution in [0.2, 0.25) is 0 Å². The molecule has 0 spiro atoms. The van der Waals surface area contributed by atoms with Crippen molar-refractivity contribution in [2.24, 2.45) is 0 Å². The number of alkyl halides is 4. The highest BCUT2D eigenvalue weighted by molar-refractivity contribution is 9.10. The second-order valence-corrected chi connectivity index (χ2v) is 7.32. The van der Waals surface area contributed by atoms with Crippen LogP contribution in [-0.4, -0.2) is 32.9 Å². The molecule has 0 aromatic carbocycles. The van der Waals surface area contributed by atoms with E-state index >= 15 is 0 Å². The molecule has 2 saturated carbocycles. The SMILES string of the molecule is O=C(O)c1nc(C2CC(F)(F)C2)nc(C2CCC(F)(F)CC2)c1Br. The lowest BCUT2D eigenvalue weighted by molar-refractivity contribution is -0.0886. The minimum Gasteiger partial charge on any atom is -0.476 e. The first kappa shape index (κ1) is 17.6. The predicted molar refractivity (Wildman–Crippen MR) is 79.8 cm³/mol. The molecule has 1 heterocycles. The number of nitrogens with zero attached hydrogens (tertiary/aromatic N) is 2. The molecule has 0 saturated heterocycles. The Morgan fingerprint density at radius 3 is 2.12 bits per heavy atom. The Balaban J connectivity index is 1.93. The number of aromatic carboxylic acids is 1. The van der Waals surface area contributed by atoms with Crippen LogP contribution in [0.5, 0.6) is 0 Å². The van der Waals surface area contributed by atoms with Crippen molar-refractivity contribution < 1.29 is 27.5 Å².